The maximum absolute atomic E-state index is 12.2. The smallest absolute Gasteiger partial charge is 0.344 e. The molecule has 0 fully saturated rings. The van der Waals surface area contributed by atoms with Crippen molar-refractivity contribution in [3.63, 3.8) is 0 Å². The van der Waals surface area contributed by atoms with Gasteiger partial charge in [-0.05, 0) is 40.7 Å². The molecule has 7 nitrogen and oxygen atoms in total. The Balaban J connectivity index is 2.51. The number of aromatic nitrogens is 2. The third kappa shape index (κ3) is 3.56. The van der Waals surface area contributed by atoms with Crippen LogP contribution in [0.4, 0.5) is 11.8 Å². The molecule has 0 aliphatic rings. The Morgan fingerprint density at radius 1 is 1.17 bits per heavy atom. The molecular weight excluding hydrogens is 298 g/mol. The highest BCUT2D eigenvalue weighted by molar-refractivity contribution is 6.09. The molecule has 0 spiro atoms. The fourth-order valence-electron chi connectivity index (χ4n) is 2.34. The van der Waals surface area contributed by atoms with Gasteiger partial charge in [-0.3, -0.25) is 10.1 Å². The lowest BCUT2D eigenvalue weighted by atomic mass is 10.1. The van der Waals surface area contributed by atoms with Crippen molar-refractivity contribution in [3.8, 4) is 0 Å². The van der Waals surface area contributed by atoms with Crippen molar-refractivity contribution in [3.05, 3.63) is 34.3 Å². The van der Waals surface area contributed by atoms with Crippen LogP contribution in [0.1, 0.15) is 51.7 Å². The molecular formula is C16H19N3O4. The minimum atomic E-state index is -0.624. The van der Waals surface area contributed by atoms with Crippen molar-refractivity contribution in [2.75, 3.05) is 11.9 Å². The van der Waals surface area contributed by atoms with Crippen LogP contribution in [0.2, 0.25) is 0 Å². The third-order valence-corrected chi connectivity index (χ3v) is 3.12. The van der Waals surface area contributed by atoms with E-state index in [1.807, 2.05) is 19.9 Å². The number of nitrogens with zero attached hydrogens (tertiary/aromatic N) is 2. The molecule has 0 aromatic carbocycles. The van der Waals surface area contributed by atoms with E-state index in [2.05, 4.69) is 15.3 Å². The standard InChI is InChI=1S/C16H19N3O4/c1-6-22-15(21)13-12(10(4)20)11(5)23-14(13)19-16-17-8(2)7-9(3)18-16/h7H,6H2,1-5H3,(H,17,18,19). The summed E-state index contributed by atoms with van der Waals surface area (Å²) in [6.45, 7) is 8.55. The fourth-order valence-corrected chi connectivity index (χ4v) is 2.34. The first-order valence-corrected chi connectivity index (χ1v) is 7.24. The summed E-state index contributed by atoms with van der Waals surface area (Å²) in [4.78, 5) is 32.5. The zero-order valence-corrected chi connectivity index (χ0v) is 13.8. The number of hydrogen-bond donors (Lipinski definition) is 1. The molecule has 1 N–H and O–H groups in total. The van der Waals surface area contributed by atoms with Crippen molar-refractivity contribution in [2.45, 2.75) is 34.6 Å². The van der Waals surface area contributed by atoms with Crippen LogP contribution in [0.25, 0.3) is 0 Å². The highest BCUT2D eigenvalue weighted by Gasteiger charge is 2.28. The molecule has 2 rings (SSSR count). The molecule has 2 aromatic rings. The number of ketones is 1. The number of rotatable bonds is 5. The Morgan fingerprint density at radius 2 is 1.78 bits per heavy atom. The van der Waals surface area contributed by atoms with Crippen LogP contribution >= 0.6 is 0 Å². The van der Waals surface area contributed by atoms with Crippen LogP contribution in [-0.2, 0) is 4.74 Å². The van der Waals surface area contributed by atoms with Gasteiger partial charge in [0, 0.05) is 11.4 Å². The van der Waals surface area contributed by atoms with Crippen LogP contribution in [0, 0.1) is 20.8 Å². The molecule has 0 unspecified atom stereocenters. The number of carbonyl (C=O) groups is 2. The predicted octanol–water partition coefficient (Wildman–Crippen LogP) is 3.12. The molecule has 0 aliphatic heterocycles. The lowest BCUT2D eigenvalue weighted by Gasteiger charge is -2.07. The summed E-state index contributed by atoms with van der Waals surface area (Å²) in [5, 5.41) is 2.87. The Hall–Kier alpha value is -2.70. The van der Waals surface area contributed by atoms with Gasteiger partial charge in [-0.25, -0.2) is 14.8 Å². The molecule has 0 bridgehead atoms. The number of ether oxygens (including phenoxy) is 1. The van der Waals surface area contributed by atoms with Crippen LogP contribution < -0.4 is 5.32 Å². The molecule has 0 atom stereocenters. The Bertz CT molecular complexity index is 745. The summed E-state index contributed by atoms with van der Waals surface area (Å²) in [5.41, 5.74) is 1.82. The van der Waals surface area contributed by atoms with Gasteiger partial charge in [0.2, 0.25) is 11.8 Å². The average Bonchev–Trinajstić information content (AvgIpc) is 2.74. The molecule has 23 heavy (non-hydrogen) atoms. The number of anilines is 2. The van der Waals surface area contributed by atoms with Crippen LogP contribution in [0.15, 0.2) is 10.5 Å². The highest BCUT2D eigenvalue weighted by atomic mass is 16.5. The average molecular weight is 317 g/mol. The van der Waals surface area contributed by atoms with E-state index in [9.17, 15) is 9.59 Å². The number of aryl methyl sites for hydroxylation is 3. The second-order valence-electron chi connectivity index (χ2n) is 5.11. The van der Waals surface area contributed by atoms with Crippen molar-refractivity contribution < 1.29 is 18.7 Å². The summed E-state index contributed by atoms with van der Waals surface area (Å²) in [6.07, 6.45) is 0. The number of nitrogens with one attached hydrogen (secondary N) is 1. The van der Waals surface area contributed by atoms with E-state index in [1.165, 1.54) is 6.92 Å². The molecule has 0 saturated heterocycles. The Morgan fingerprint density at radius 3 is 2.30 bits per heavy atom. The molecule has 0 radical (unpaired) electrons. The van der Waals surface area contributed by atoms with Gasteiger partial charge in [0.25, 0.3) is 0 Å². The fraction of sp³-hybridized carbons (Fsp3) is 0.375. The number of hydrogen-bond acceptors (Lipinski definition) is 7. The van der Waals surface area contributed by atoms with Crippen LogP contribution in [0.3, 0.4) is 0 Å². The quantitative estimate of drug-likeness (QED) is 0.668. The summed E-state index contributed by atoms with van der Waals surface area (Å²) in [6, 6.07) is 1.83. The Labute approximate surface area is 134 Å². The summed E-state index contributed by atoms with van der Waals surface area (Å²) < 4.78 is 10.6. The maximum atomic E-state index is 12.2. The summed E-state index contributed by atoms with van der Waals surface area (Å²) in [5.74, 6) is -0.161. The van der Waals surface area contributed by atoms with Gasteiger partial charge in [0.1, 0.15) is 11.3 Å². The van der Waals surface area contributed by atoms with Gasteiger partial charge < -0.3 is 9.15 Å². The molecule has 2 aromatic heterocycles. The summed E-state index contributed by atoms with van der Waals surface area (Å²) in [7, 11) is 0. The van der Waals surface area contributed by atoms with Gasteiger partial charge in [-0.1, -0.05) is 0 Å². The second kappa shape index (κ2) is 6.60. The van der Waals surface area contributed by atoms with Gasteiger partial charge in [-0.15, -0.1) is 0 Å². The zero-order chi connectivity index (χ0) is 17.1. The van der Waals surface area contributed by atoms with Gasteiger partial charge in [0.15, 0.2) is 5.78 Å². The number of Topliss-reactive ketones (excluding diaryl/α,β-unsaturated/α-hetero) is 1. The largest absolute Gasteiger partial charge is 0.462 e. The van der Waals surface area contributed by atoms with E-state index in [1.54, 1.807) is 13.8 Å². The molecule has 122 valence electrons. The third-order valence-electron chi connectivity index (χ3n) is 3.12. The van der Waals surface area contributed by atoms with Gasteiger partial charge >= 0.3 is 5.97 Å². The first-order chi connectivity index (χ1) is 10.8. The first-order valence-electron chi connectivity index (χ1n) is 7.24. The monoisotopic (exact) mass is 317 g/mol. The van der Waals surface area contributed by atoms with E-state index in [4.69, 9.17) is 9.15 Å². The van der Waals surface area contributed by atoms with Crippen molar-refractivity contribution >= 4 is 23.6 Å². The zero-order valence-electron chi connectivity index (χ0n) is 13.8. The maximum Gasteiger partial charge on any atom is 0.344 e. The number of furan rings is 1. The molecule has 0 aliphatic carbocycles. The topological polar surface area (TPSA) is 94.3 Å². The number of esters is 1. The first kappa shape index (κ1) is 16.7. The van der Waals surface area contributed by atoms with Crippen molar-refractivity contribution in [1.82, 2.24) is 9.97 Å². The summed E-state index contributed by atoms with van der Waals surface area (Å²) >= 11 is 0. The SMILES string of the molecule is CCOC(=O)c1c(Nc2nc(C)cc(C)n2)oc(C)c1C(C)=O. The van der Waals surface area contributed by atoms with Gasteiger partial charge in [-0.2, -0.15) is 0 Å². The molecule has 7 heteroatoms. The highest BCUT2D eigenvalue weighted by Crippen LogP contribution is 2.30. The van der Waals surface area contributed by atoms with Gasteiger partial charge in [0.05, 0.1) is 12.2 Å². The van der Waals surface area contributed by atoms with Crippen molar-refractivity contribution in [1.29, 1.82) is 0 Å². The molecule has 2 heterocycles. The Kier molecular flexibility index (Phi) is 4.78. The minimum Gasteiger partial charge on any atom is -0.462 e. The van der Waals surface area contributed by atoms with Crippen molar-refractivity contribution in [2.24, 2.45) is 0 Å². The number of carbonyl (C=O) groups excluding carboxylic acids is 2. The lowest BCUT2D eigenvalue weighted by molar-refractivity contribution is 0.0524. The second-order valence-corrected chi connectivity index (χ2v) is 5.11. The molecule has 0 amide bonds. The van der Waals surface area contributed by atoms with E-state index in [0.29, 0.717) is 5.76 Å². The van der Waals surface area contributed by atoms with E-state index >= 15 is 0 Å². The normalized spacial score (nSPS) is 10.5. The molecule has 0 saturated carbocycles. The van der Waals surface area contributed by atoms with E-state index < -0.39 is 5.97 Å². The van der Waals surface area contributed by atoms with Crippen LogP contribution in [-0.4, -0.2) is 28.3 Å². The predicted molar refractivity (Wildman–Crippen MR) is 84.2 cm³/mol. The van der Waals surface area contributed by atoms with Crippen LogP contribution in [0.5, 0.6) is 0 Å². The lowest BCUT2D eigenvalue weighted by Crippen LogP contribution is -2.11. The van der Waals surface area contributed by atoms with E-state index in [-0.39, 0.29) is 35.3 Å². The van der Waals surface area contributed by atoms with E-state index in [0.717, 1.165) is 11.4 Å². The minimum absolute atomic E-state index is 0.0691.